The first kappa shape index (κ1) is 14.4. The molecule has 100 valence electrons. The van der Waals surface area contributed by atoms with Crippen molar-refractivity contribution in [3.63, 3.8) is 0 Å². The van der Waals surface area contributed by atoms with Gasteiger partial charge in [0.25, 0.3) is 0 Å². The molecule has 2 N–H and O–H groups in total. The molecule has 0 saturated heterocycles. The molecule has 18 heavy (non-hydrogen) atoms. The Morgan fingerprint density at radius 3 is 2.78 bits per heavy atom. The van der Waals surface area contributed by atoms with Crippen molar-refractivity contribution in [2.75, 3.05) is 18.9 Å². The van der Waals surface area contributed by atoms with Crippen LogP contribution in [0.25, 0.3) is 0 Å². The quantitative estimate of drug-likeness (QED) is 0.807. The molecule has 1 aromatic heterocycles. The third-order valence-electron chi connectivity index (χ3n) is 2.33. The highest BCUT2D eigenvalue weighted by Crippen LogP contribution is 2.22. The molecule has 0 aliphatic carbocycles. The Morgan fingerprint density at radius 2 is 2.17 bits per heavy atom. The maximum absolute atomic E-state index is 11.9. The lowest BCUT2D eigenvalue weighted by Crippen LogP contribution is -2.29. The van der Waals surface area contributed by atoms with Gasteiger partial charge in [-0.2, -0.15) is 0 Å². The smallest absolute Gasteiger partial charge is 0.238 e. The number of amides is 1. The highest BCUT2D eigenvalue weighted by molar-refractivity contribution is 5.93. The molecule has 1 unspecified atom stereocenters. The van der Waals surface area contributed by atoms with Crippen LogP contribution < -0.4 is 15.4 Å². The number of rotatable bonds is 6. The van der Waals surface area contributed by atoms with E-state index in [1.165, 1.54) is 0 Å². The van der Waals surface area contributed by atoms with Crippen molar-refractivity contribution in [2.45, 2.75) is 26.9 Å². The number of nitrogens with one attached hydrogen (secondary N) is 2. The Bertz CT molecular complexity index is 394. The van der Waals surface area contributed by atoms with E-state index >= 15 is 0 Å². The van der Waals surface area contributed by atoms with E-state index < -0.39 is 0 Å². The van der Waals surface area contributed by atoms with Crippen LogP contribution in [-0.2, 0) is 4.79 Å². The molecule has 0 aliphatic rings. The molecule has 5 nitrogen and oxygen atoms in total. The zero-order chi connectivity index (χ0) is 13.5. The van der Waals surface area contributed by atoms with Crippen molar-refractivity contribution in [1.82, 2.24) is 10.3 Å². The number of nitrogens with zero attached hydrogens (tertiary/aromatic N) is 1. The molecule has 0 radical (unpaired) electrons. The second-order valence-electron chi connectivity index (χ2n) is 4.47. The summed E-state index contributed by atoms with van der Waals surface area (Å²) in [5, 5.41) is 5.81. The fraction of sp³-hybridized carbons (Fsp3) is 0.538. The Kier molecular flexibility index (Phi) is 5.58. The molecule has 0 aliphatic heterocycles. The summed E-state index contributed by atoms with van der Waals surface area (Å²) in [4.78, 5) is 16.0. The minimum absolute atomic E-state index is 0.0188. The van der Waals surface area contributed by atoms with E-state index in [-0.39, 0.29) is 17.9 Å². The fourth-order valence-corrected chi connectivity index (χ4v) is 1.46. The number of pyridine rings is 1. The van der Waals surface area contributed by atoms with Crippen molar-refractivity contribution in [3.05, 3.63) is 18.3 Å². The van der Waals surface area contributed by atoms with Crippen LogP contribution in [0, 0.1) is 5.92 Å². The van der Waals surface area contributed by atoms with E-state index in [0.717, 1.165) is 0 Å². The molecule has 0 aromatic carbocycles. The normalized spacial score (nSPS) is 12.3. The highest BCUT2D eigenvalue weighted by Gasteiger charge is 2.15. The maximum atomic E-state index is 11.9. The summed E-state index contributed by atoms with van der Waals surface area (Å²) in [6.07, 6.45) is 1.66. The predicted octanol–water partition coefficient (Wildman–Crippen LogP) is 1.66. The molecular formula is C13H21N3O2. The van der Waals surface area contributed by atoms with Gasteiger partial charge in [0.15, 0.2) is 0 Å². The van der Waals surface area contributed by atoms with Gasteiger partial charge in [-0.1, -0.05) is 6.92 Å². The van der Waals surface area contributed by atoms with E-state index in [2.05, 4.69) is 15.6 Å². The molecular weight excluding hydrogens is 230 g/mol. The van der Waals surface area contributed by atoms with Gasteiger partial charge in [0.1, 0.15) is 5.69 Å². The van der Waals surface area contributed by atoms with Gasteiger partial charge in [0, 0.05) is 18.7 Å². The van der Waals surface area contributed by atoms with Crippen molar-refractivity contribution in [3.8, 4) is 5.88 Å². The van der Waals surface area contributed by atoms with Crippen LogP contribution in [0.3, 0.4) is 0 Å². The second kappa shape index (κ2) is 6.96. The molecule has 0 spiro atoms. The monoisotopic (exact) mass is 251 g/mol. The molecule has 0 saturated carbocycles. The van der Waals surface area contributed by atoms with Gasteiger partial charge in [-0.15, -0.1) is 0 Å². The highest BCUT2D eigenvalue weighted by atomic mass is 16.5. The molecule has 5 heteroatoms. The van der Waals surface area contributed by atoms with Crippen LogP contribution in [-0.4, -0.2) is 30.6 Å². The van der Waals surface area contributed by atoms with Crippen LogP contribution in [0.2, 0.25) is 0 Å². The van der Waals surface area contributed by atoms with Gasteiger partial charge in [-0.05, 0) is 33.0 Å². The lowest BCUT2D eigenvalue weighted by atomic mass is 10.1. The molecule has 0 bridgehead atoms. The van der Waals surface area contributed by atoms with Crippen LogP contribution in [0.1, 0.15) is 20.8 Å². The van der Waals surface area contributed by atoms with E-state index in [1.54, 1.807) is 18.3 Å². The summed E-state index contributed by atoms with van der Waals surface area (Å²) >= 11 is 0. The second-order valence-corrected chi connectivity index (χ2v) is 4.47. The van der Waals surface area contributed by atoms with Crippen molar-refractivity contribution in [1.29, 1.82) is 0 Å². The van der Waals surface area contributed by atoms with Crippen molar-refractivity contribution in [2.24, 2.45) is 5.92 Å². The Labute approximate surface area is 108 Å². The number of hydrogen-bond acceptors (Lipinski definition) is 4. The van der Waals surface area contributed by atoms with E-state index in [9.17, 15) is 4.79 Å². The van der Waals surface area contributed by atoms with Gasteiger partial charge in [-0.25, -0.2) is 4.98 Å². The summed E-state index contributed by atoms with van der Waals surface area (Å²) < 4.78 is 5.54. The average Bonchev–Trinajstić information content (AvgIpc) is 2.31. The summed E-state index contributed by atoms with van der Waals surface area (Å²) in [5.41, 5.74) is 0.610. The standard InChI is InChI=1S/C13H21N3O2/c1-9(2)18-13-11(6-5-7-15-13)16-12(17)10(3)8-14-4/h5-7,9-10,14H,8H2,1-4H3,(H,16,17). The van der Waals surface area contributed by atoms with Crippen molar-refractivity contribution >= 4 is 11.6 Å². The van der Waals surface area contributed by atoms with Crippen LogP contribution in [0.15, 0.2) is 18.3 Å². The molecule has 0 fully saturated rings. The van der Waals surface area contributed by atoms with Gasteiger partial charge in [0.05, 0.1) is 6.10 Å². The third-order valence-corrected chi connectivity index (χ3v) is 2.33. The fourth-order valence-electron chi connectivity index (χ4n) is 1.46. The molecule has 1 atom stereocenters. The zero-order valence-corrected chi connectivity index (χ0v) is 11.4. The minimum atomic E-state index is -0.109. The Balaban J connectivity index is 2.74. The van der Waals surface area contributed by atoms with E-state index in [4.69, 9.17) is 4.74 Å². The largest absolute Gasteiger partial charge is 0.473 e. The van der Waals surface area contributed by atoms with E-state index in [1.807, 2.05) is 27.8 Å². The molecule has 1 heterocycles. The first-order valence-electron chi connectivity index (χ1n) is 6.11. The SMILES string of the molecule is CNCC(C)C(=O)Nc1cccnc1OC(C)C. The topological polar surface area (TPSA) is 63.2 Å². The summed E-state index contributed by atoms with van der Waals surface area (Å²) in [5.74, 6) is 0.297. The maximum Gasteiger partial charge on any atom is 0.238 e. The number of carbonyl (C=O) groups excluding carboxylic acids is 1. The van der Waals surface area contributed by atoms with Crippen LogP contribution in [0.5, 0.6) is 5.88 Å². The van der Waals surface area contributed by atoms with Gasteiger partial charge >= 0.3 is 0 Å². The lowest BCUT2D eigenvalue weighted by molar-refractivity contribution is -0.119. The number of hydrogen-bond donors (Lipinski definition) is 2. The third kappa shape index (κ3) is 4.33. The zero-order valence-electron chi connectivity index (χ0n) is 11.4. The first-order valence-corrected chi connectivity index (χ1v) is 6.11. The molecule has 1 amide bonds. The lowest BCUT2D eigenvalue weighted by Gasteiger charge is -2.15. The molecule has 1 rings (SSSR count). The van der Waals surface area contributed by atoms with Crippen LogP contribution >= 0.6 is 0 Å². The first-order chi connectivity index (χ1) is 8.54. The number of anilines is 1. The van der Waals surface area contributed by atoms with Crippen LogP contribution in [0.4, 0.5) is 5.69 Å². The van der Waals surface area contributed by atoms with Gasteiger partial charge in [-0.3, -0.25) is 4.79 Å². The predicted molar refractivity (Wildman–Crippen MR) is 71.7 cm³/mol. The number of ether oxygens (including phenoxy) is 1. The van der Waals surface area contributed by atoms with Crippen molar-refractivity contribution < 1.29 is 9.53 Å². The van der Waals surface area contributed by atoms with E-state index in [0.29, 0.717) is 18.1 Å². The van der Waals surface area contributed by atoms with Gasteiger partial charge in [0.2, 0.25) is 11.8 Å². The number of carbonyl (C=O) groups is 1. The minimum Gasteiger partial charge on any atom is -0.473 e. The average molecular weight is 251 g/mol. The van der Waals surface area contributed by atoms with Gasteiger partial charge < -0.3 is 15.4 Å². The summed E-state index contributed by atoms with van der Waals surface area (Å²) in [6, 6.07) is 3.56. The Hall–Kier alpha value is -1.62. The summed E-state index contributed by atoms with van der Waals surface area (Å²) in [6.45, 7) is 6.34. The number of aromatic nitrogens is 1. The Morgan fingerprint density at radius 1 is 1.44 bits per heavy atom. The summed E-state index contributed by atoms with van der Waals surface area (Å²) in [7, 11) is 1.82. The molecule has 1 aromatic rings.